The lowest BCUT2D eigenvalue weighted by Gasteiger charge is -2.18. The largest absolute Gasteiger partial charge is 0.389 e. The second kappa shape index (κ2) is 5.77. The van der Waals surface area contributed by atoms with Crippen molar-refractivity contribution < 1.29 is 5.11 Å². The minimum Gasteiger partial charge on any atom is -0.389 e. The van der Waals surface area contributed by atoms with Gasteiger partial charge in [0.15, 0.2) is 5.82 Å². The Labute approximate surface area is 129 Å². The first-order valence-corrected chi connectivity index (χ1v) is 7.31. The summed E-state index contributed by atoms with van der Waals surface area (Å²) in [7, 11) is 0. The SMILES string of the molecule is CC(C)(O)Cn1ncnc1-c1ccc(Cn2cccc2)cc1. The van der Waals surface area contributed by atoms with Gasteiger partial charge in [-0.15, -0.1) is 0 Å². The maximum Gasteiger partial charge on any atom is 0.158 e. The van der Waals surface area contributed by atoms with Crippen LogP contribution in [0.25, 0.3) is 11.4 Å². The average Bonchev–Trinajstić information content (AvgIpc) is 3.10. The summed E-state index contributed by atoms with van der Waals surface area (Å²) < 4.78 is 3.87. The Morgan fingerprint density at radius 1 is 1.09 bits per heavy atom. The molecule has 0 aliphatic rings. The number of hydrogen-bond acceptors (Lipinski definition) is 3. The highest BCUT2D eigenvalue weighted by Crippen LogP contribution is 2.19. The van der Waals surface area contributed by atoms with Crippen LogP contribution < -0.4 is 0 Å². The molecule has 0 unspecified atom stereocenters. The van der Waals surface area contributed by atoms with Gasteiger partial charge in [-0.05, 0) is 31.5 Å². The molecule has 3 aromatic rings. The number of nitrogens with zero attached hydrogens (tertiary/aromatic N) is 4. The lowest BCUT2D eigenvalue weighted by Crippen LogP contribution is -2.27. The van der Waals surface area contributed by atoms with E-state index in [-0.39, 0.29) is 0 Å². The van der Waals surface area contributed by atoms with Gasteiger partial charge in [0.25, 0.3) is 0 Å². The number of aliphatic hydroxyl groups is 1. The van der Waals surface area contributed by atoms with Crippen LogP contribution in [0, 0.1) is 0 Å². The number of benzene rings is 1. The van der Waals surface area contributed by atoms with Crippen molar-refractivity contribution >= 4 is 0 Å². The maximum atomic E-state index is 9.96. The quantitative estimate of drug-likeness (QED) is 0.787. The molecular formula is C17H20N4O. The summed E-state index contributed by atoms with van der Waals surface area (Å²) in [6.07, 6.45) is 5.62. The number of hydrogen-bond donors (Lipinski definition) is 1. The van der Waals surface area contributed by atoms with Crippen LogP contribution in [-0.2, 0) is 13.1 Å². The molecule has 0 fully saturated rings. The first kappa shape index (κ1) is 14.5. The molecule has 0 saturated carbocycles. The van der Waals surface area contributed by atoms with Gasteiger partial charge in [-0.3, -0.25) is 0 Å². The minimum absolute atomic E-state index is 0.410. The van der Waals surface area contributed by atoms with E-state index in [1.807, 2.05) is 36.7 Å². The minimum atomic E-state index is -0.823. The Hall–Kier alpha value is -2.40. The summed E-state index contributed by atoms with van der Waals surface area (Å²) in [5.41, 5.74) is 1.41. The van der Waals surface area contributed by atoms with Crippen molar-refractivity contribution in [3.63, 3.8) is 0 Å². The van der Waals surface area contributed by atoms with Crippen LogP contribution in [-0.4, -0.2) is 30.0 Å². The molecule has 0 aliphatic heterocycles. The van der Waals surface area contributed by atoms with Crippen LogP contribution in [0.4, 0.5) is 0 Å². The molecule has 0 atom stereocenters. The lowest BCUT2D eigenvalue weighted by molar-refractivity contribution is 0.0582. The molecule has 5 heteroatoms. The standard InChI is InChI=1S/C17H20N4O/c1-17(2,22)12-21-16(18-13-19-21)15-7-5-14(6-8-15)11-20-9-3-4-10-20/h3-10,13,22H,11-12H2,1-2H3. The second-order valence-corrected chi connectivity index (χ2v) is 6.11. The van der Waals surface area contributed by atoms with Crippen LogP contribution >= 0.6 is 0 Å². The van der Waals surface area contributed by atoms with Crippen molar-refractivity contribution in [2.45, 2.75) is 32.5 Å². The van der Waals surface area contributed by atoms with Crippen molar-refractivity contribution in [3.8, 4) is 11.4 Å². The van der Waals surface area contributed by atoms with Crippen molar-refractivity contribution in [1.29, 1.82) is 0 Å². The smallest absolute Gasteiger partial charge is 0.158 e. The van der Waals surface area contributed by atoms with Crippen molar-refractivity contribution in [3.05, 3.63) is 60.7 Å². The highest BCUT2D eigenvalue weighted by atomic mass is 16.3. The zero-order chi connectivity index (χ0) is 15.6. The topological polar surface area (TPSA) is 55.9 Å². The first-order valence-electron chi connectivity index (χ1n) is 7.31. The molecule has 114 valence electrons. The van der Waals surface area contributed by atoms with Crippen molar-refractivity contribution in [1.82, 2.24) is 19.3 Å². The molecule has 1 aromatic carbocycles. The molecule has 5 nitrogen and oxygen atoms in total. The first-order chi connectivity index (χ1) is 10.5. The van der Waals surface area contributed by atoms with Crippen LogP contribution in [0.15, 0.2) is 55.1 Å². The molecule has 3 rings (SSSR count). The summed E-state index contributed by atoms with van der Waals surface area (Å²) >= 11 is 0. The summed E-state index contributed by atoms with van der Waals surface area (Å²) in [6, 6.07) is 12.3. The molecule has 22 heavy (non-hydrogen) atoms. The van der Waals surface area contributed by atoms with Crippen molar-refractivity contribution in [2.24, 2.45) is 0 Å². The van der Waals surface area contributed by atoms with E-state index in [2.05, 4.69) is 26.8 Å². The Bertz CT molecular complexity index is 721. The summed E-state index contributed by atoms with van der Waals surface area (Å²) in [4.78, 5) is 4.31. The summed E-state index contributed by atoms with van der Waals surface area (Å²) in [6.45, 7) is 4.79. The highest BCUT2D eigenvalue weighted by molar-refractivity contribution is 5.55. The van der Waals surface area contributed by atoms with E-state index in [1.165, 1.54) is 11.9 Å². The molecule has 0 radical (unpaired) electrons. The van der Waals surface area contributed by atoms with E-state index in [1.54, 1.807) is 18.5 Å². The Balaban J connectivity index is 1.80. The highest BCUT2D eigenvalue weighted by Gasteiger charge is 2.17. The molecule has 2 heterocycles. The second-order valence-electron chi connectivity index (χ2n) is 6.11. The van der Waals surface area contributed by atoms with Crippen molar-refractivity contribution in [2.75, 3.05) is 0 Å². The van der Waals surface area contributed by atoms with Crippen LogP contribution in [0.1, 0.15) is 19.4 Å². The molecule has 0 bridgehead atoms. The fourth-order valence-electron chi connectivity index (χ4n) is 2.42. The normalized spacial score (nSPS) is 11.8. The third kappa shape index (κ3) is 3.43. The Morgan fingerprint density at radius 2 is 1.77 bits per heavy atom. The molecule has 0 amide bonds. The average molecular weight is 296 g/mol. The van der Waals surface area contributed by atoms with Gasteiger partial charge in [0.05, 0.1) is 12.1 Å². The molecule has 2 aromatic heterocycles. The molecule has 1 N–H and O–H groups in total. The zero-order valence-electron chi connectivity index (χ0n) is 12.8. The fraction of sp³-hybridized carbons (Fsp3) is 0.294. The van der Waals surface area contributed by atoms with E-state index in [4.69, 9.17) is 0 Å². The van der Waals surface area contributed by atoms with Gasteiger partial charge in [-0.1, -0.05) is 24.3 Å². The van der Waals surface area contributed by atoms with Gasteiger partial charge in [0, 0.05) is 24.5 Å². The third-order valence-electron chi connectivity index (χ3n) is 3.40. The Kier molecular flexibility index (Phi) is 3.81. The maximum absolute atomic E-state index is 9.96. The van der Waals surface area contributed by atoms with Crippen LogP contribution in [0.2, 0.25) is 0 Å². The van der Waals surface area contributed by atoms with E-state index < -0.39 is 5.60 Å². The number of rotatable bonds is 5. The van der Waals surface area contributed by atoms with Crippen LogP contribution in [0.5, 0.6) is 0 Å². The summed E-state index contributed by atoms with van der Waals surface area (Å²) in [5, 5.41) is 14.2. The molecular weight excluding hydrogens is 276 g/mol. The van der Waals surface area contributed by atoms with Gasteiger partial charge in [-0.2, -0.15) is 5.10 Å². The fourth-order valence-corrected chi connectivity index (χ4v) is 2.42. The van der Waals surface area contributed by atoms with E-state index in [0.717, 1.165) is 17.9 Å². The van der Waals surface area contributed by atoms with Crippen LogP contribution in [0.3, 0.4) is 0 Å². The Morgan fingerprint density at radius 3 is 2.41 bits per heavy atom. The van der Waals surface area contributed by atoms with E-state index in [9.17, 15) is 5.11 Å². The number of aromatic nitrogens is 4. The molecule has 0 spiro atoms. The van der Waals surface area contributed by atoms with Gasteiger partial charge in [-0.25, -0.2) is 9.67 Å². The predicted molar refractivity (Wildman–Crippen MR) is 85.3 cm³/mol. The summed E-state index contributed by atoms with van der Waals surface area (Å²) in [5.74, 6) is 0.773. The van der Waals surface area contributed by atoms with E-state index >= 15 is 0 Å². The van der Waals surface area contributed by atoms with E-state index in [0.29, 0.717) is 6.54 Å². The van der Waals surface area contributed by atoms with Gasteiger partial charge in [0.1, 0.15) is 6.33 Å². The third-order valence-corrected chi connectivity index (χ3v) is 3.40. The van der Waals surface area contributed by atoms with Gasteiger partial charge >= 0.3 is 0 Å². The zero-order valence-corrected chi connectivity index (χ0v) is 12.8. The van der Waals surface area contributed by atoms with Gasteiger partial charge in [0.2, 0.25) is 0 Å². The monoisotopic (exact) mass is 296 g/mol. The molecule has 0 aliphatic carbocycles. The lowest BCUT2D eigenvalue weighted by atomic mass is 10.1. The predicted octanol–water partition coefficient (Wildman–Crippen LogP) is 2.57. The molecule has 0 saturated heterocycles. The van der Waals surface area contributed by atoms with Gasteiger partial charge < -0.3 is 9.67 Å².